The molecule has 2 aromatic heterocycles. The zero-order chi connectivity index (χ0) is 24.4. The van der Waals surface area contributed by atoms with E-state index < -0.39 is 0 Å². The van der Waals surface area contributed by atoms with Crippen LogP contribution >= 0.6 is 11.3 Å². The number of benzene rings is 2. The van der Waals surface area contributed by atoms with E-state index >= 15 is 0 Å². The summed E-state index contributed by atoms with van der Waals surface area (Å²) in [4.78, 5) is 34.6. The Balaban J connectivity index is 1.85. The smallest absolute Gasteiger partial charge is 0.254 e. The molecule has 9 heteroatoms. The van der Waals surface area contributed by atoms with Gasteiger partial charge in [-0.1, -0.05) is 12.1 Å². The van der Waals surface area contributed by atoms with Crippen LogP contribution < -0.4 is 15.4 Å². The predicted octanol–water partition coefficient (Wildman–Crippen LogP) is 4.95. The van der Waals surface area contributed by atoms with E-state index in [0.717, 1.165) is 22.0 Å². The van der Waals surface area contributed by atoms with Crippen LogP contribution in [0, 0.1) is 6.92 Å². The highest BCUT2D eigenvalue weighted by molar-refractivity contribution is 7.09. The fourth-order valence-electron chi connectivity index (χ4n) is 3.93. The summed E-state index contributed by atoms with van der Waals surface area (Å²) in [6.45, 7) is 7.88. The van der Waals surface area contributed by atoms with Gasteiger partial charge in [0, 0.05) is 30.1 Å². The molecule has 0 saturated heterocycles. The minimum Gasteiger partial charge on any atom is -0.497 e. The lowest BCUT2D eigenvalue weighted by atomic mass is 10.1. The highest BCUT2D eigenvalue weighted by atomic mass is 32.1. The summed E-state index contributed by atoms with van der Waals surface area (Å²) in [5, 5.41) is 8.72. The summed E-state index contributed by atoms with van der Waals surface area (Å²) in [6.07, 6.45) is 0. The van der Waals surface area contributed by atoms with E-state index in [9.17, 15) is 9.59 Å². The third-order valence-corrected chi connectivity index (χ3v) is 6.27. The Morgan fingerprint density at radius 1 is 1.21 bits per heavy atom. The molecule has 0 bridgehead atoms. The van der Waals surface area contributed by atoms with E-state index in [4.69, 9.17) is 9.72 Å². The average molecular weight is 478 g/mol. The maximum absolute atomic E-state index is 13.5. The van der Waals surface area contributed by atoms with Gasteiger partial charge in [0.25, 0.3) is 5.91 Å². The molecule has 2 aromatic carbocycles. The van der Waals surface area contributed by atoms with Crippen LogP contribution in [0.4, 0.5) is 5.69 Å². The van der Waals surface area contributed by atoms with Crippen molar-refractivity contribution in [1.29, 1.82) is 0 Å². The Kier molecular flexibility index (Phi) is 6.65. The lowest BCUT2D eigenvalue weighted by Crippen LogP contribution is -2.27. The highest BCUT2D eigenvalue weighted by Crippen LogP contribution is 2.32. The topological polar surface area (TPSA) is 98.1 Å². The van der Waals surface area contributed by atoms with Gasteiger partial charge < -0.3 is 19.9 Å². The van der Waals surface area contributed by atoms with Crippen molar-refractivity contribution in [3.05, 3.63) is 58.0 Å². The monoisotopic (exact) mass is 477 g/mol. The lowest BCUT2D eigenvalue weighted by Gasteiger charge is -2.15. The number of aryl methyl sites for hydroxylation is 2. The number of ether oxygens (including phenoxy) is 1. The number of nitrogens with zero attached hydrogens (tertiary/aromatic N) is 3. The van der Waals surface area contributed by atoms with Crippen molar-refractivity contribution in [3.8, 4) is 17.1 Å². The second kappa shape index (κ2) is 9.64. The first kappa shape index (κ1) is 23.4. The number of nitrogens with one attached hydrogen (secondary N) is 2. The molecule has 4 rings (SSSR count). The Morgan fingerprint density at radius 3 is 2.65 bits per heavy atom. The van der Waals surface area contributed by atoms with Crippen molar-refractivity contribution in [2.45, 2.75) is 40.3 Å². The van der Waals surface area contributed by atoms with E-state index in [1.165, 1.54) is 6.92 Å². The van der Waals surface area contributed by atoms with Gasteiger partial charge in [0.1, 0.15) is 11.6 Å². The number of rotatable bonds is 7. The average Bonchev–Trinajstić information content (AvgIpc) is 3.41. The minimum atomic E-state index is -0.271. The predicted molar refractivity (Wildman–Crippen MR) is 134 cm³/mol. The molecule has 0 aliphatic carbocycles. The molecule has 0 radical (unpaired) electrons. The van der Waals surface area contributed by atoms with Gasteiger partial charge in [0.2, 0.25) is 5.91 Å². The number of methoxy groups -OCH3 is 1. The first-order valence-corrected chi connectivity index (χ1v) is 11.9. The normalized spacial score (nSPS) is 11.9. The summed E-state index contributed by atoms with van der Waals surface area (Å²) in [5.74, 6) is 0.951. The second-order valence-electron chi connectivity index (χ2n) is 7.97. The van der Waals surface area contributed by atoms with Crippen LogP contribution in [-0.2, 0) is 11.3 Å². The molecule has 34 heavy (non-hydrogen) atoms. The van der Waals surface area contributed by atoms with Crippen molar-refractivity contribution >= 4 is 39.9 Å². The van der Waals surface area contributed by atoms with Gasteiger partial charge >= 0.3 is 0 Å². The number of anilines is 1. The SMILES string of the molecule is CCn1c(-c2cccc(OC)c2)nc2cc(NC(C)=O)cc(C(=O)N[C@@H](C)c3csc(C)n3)c21. The third-order valence-electron chi connectivity index (χ3n) is 5.48. The Hall–Kier alpha value is -3.72. The minimum absolute atomic E-state index is 0.222. The number of carbonyl (C=O) groups excluding carboxylic acids is 2. The van der Waals surface area contributed by atoms with Crippen molar-refractivity contribution in [2.24, 2.45) is 0 Å². The molecule has 8 nitrogen and oxygen atoms in total. The first-order valence-electron chi connectivity index (χ1n) is 11.0. The zero-order valence-corrected chi connectivity index (χ0v) is 20.6. The number of carbonyl (C=O) groups is 2. The first-order chi connectivity index (χ1) is 16.3. The molecule has 2 amide bonds. The summed E-state index contributed by atoms with van der Waals surface area (Å²) in [7, 11) is 1.62. The van der Waals surface area contributed by atoms with E-state index in [1.807, 2.05) is 55.0 Å². The van der Waals surface area contributed by atoms with Crippen LogP contribution in [0.25, 0.3) is 22.4 Å². The van der Waals surface area contributed by atoms with Crippen LogP contribution in [-0.4, -0.2) is 33.5 Å². The van der Waals surface area contributed by atoms with Crippen LogP contribution in [0.2, 0.25) is 0 Å². The summed E-state index contributed by atoms with van der Waals surface area (Å²) < 4.78 is 7.39. The second-order valence-corrected chi connectivity index (χ2v) is 9.03. The molecule has 1 atom stereocenters. The van der Waals surface area contributed by atoms with Gasteiger partial charge in [-0.3, -0.25) is 9.59 Å². The van der Waals surface area contributed by atoms with Gasteiger partial charge in [0.05, 0.1) is 40.5 Å². The van der Waals surface area contributed by atoms with E-state index in [1.54, 1.807) is 30.6 Å². The summed E-state index contributed by atoms with van der Waals surface area (Å²) in [6, 6.07) is 10.9. The molecule has 0 saturated carbocycles. The number of hydrogen-bond donors (Lipinski definition) is 2. The molecule has 0 fully saturated rings. The Bertz CT molecular complexity index is 1370. The number of thiazole rings is 1. The molecule has 0 unspecified atom stereocenters. The molecule has 2 N–H and O–H groups in total. The quantitative estimate of drug-likeness (QED) is 0.393. The number of fused-ring (bicyclic) bond motifs is 1. The number of hydrogen-bond acceptors (Lipinski definition) is 6. The molecular weight excluding hydrogens is 450 g/mol. The molecule has 0 aliphatic heterocycles. The van der Waals surface area contributed by atoms with E-state index in [-0.39, 0.29) is 17.9 Å². The van der Waals surface area contributed by atoms with Crippen LogP contribution in [0.5, 0.6) is 5.75 Å². The Labute approximate surface area is 202 Å². The summed E-state index contributed by atoms with van der Waals surface area (Å²) >= 11 is 1.54. The van der Waals surface area contributed by atoms with Gasteiger partial charge in [-0.15, -0.1) is 11.3 Å². The number of aromatic nitrogens is 3. The maximum Gasteiger partial charge on any atom is 0.254 e. The van der Waals surface area contributed by atoms with Crippen molar-refractivity contribution in [2.75, 3.05) is 12.4 Å². The van der Waals surface area contributed by atoms with Gasteiger partial charge in [-0.05, 0) is 45.0 Å². The fraction of sp³-hybridized carbons (Fsp3) is 0.280. The van der Waals surface area contributed by atoms with Gasteiger partial charge in [-0.25, -0.2) is 9.97 Å². The van der Waals surface area contributed by atoms with Crippen molar-refractivity contribution in [1.82, 2.24) is 19.9 Å². The molecule has 4 aromatic rings. The van der Waals surface area contributed by atoms with Crippen molar-refractivity contribution < 1.29 is 14.3 Å². The molecule has 176 valence electrons. The molecule has 0 spiro atoms. The van der Waals surface area contributed by atoms with Crippen LogP contribution in [0.3, 0.4) is 0 Å². The standard InChI is InChI=1S/C25H27N5O3S/c1-6-30-23-20(25(32)26-14(2)22-13-34-16(4)28-22)11-18(27-15(3)31)12-21(23)29-24(30)17-8-7-9-19(10-17)33-5/h7-14H,6H2,1-5H3,(H,26,32)(H,27,31)/t14-/m0/s1. The number of imidazole rings is 1. The lowest BCUT2D eigenvalue weighted by molar-refractivity contribution is -0.114. The third kappa shape index (κ3) is 4.65. The van der Waals surface area contributed by atoms with E-state index in [0.29, 0.717) is 34.7 Å². The molecule has 0 aliphatic rings. The maximum atomic E-state index is 13.5. The summed E-state index contributed by atoms with van der Waals surface area (Å²) in [5.41, 5.74) is 3.95. The van der Waals surface area contributed by atoms with Crippen molar-refractivity contribution in [3.63, 3.8) is 0 Å². The molecule has 2 heterocycles. The number of amides is 2. The van der Waals surface area contributed by atoms with Crippen LogP contribution in [0.1, 0.15) is 47.9 Å². The van der Waals surface area contributed by atoms with Gasteiger partial charge in [-0.2, -0.15) is 0 Å². The zero-order valence-electron chi connectivity index (χ0n) is 19.8. The highest BCUT2D eigenvalue weighted by Gasteiger charge is 2.22. The largest absolute Gasteiger partial charge is 0.497 e. The molecular formula is C25H27N5O3S. The van der Waals surface area contributed by atoms with Gasteiger partial charge in [0.15, 0.2) is 0 Å². The van der Waals surface area contributed by atoms with E-state index in [2.05, 4.69) is 15.6 Å². The Morgan fingerprint density at radius 2 is 2.00 bits per heavy atom. The fourth-order valence-corrected chi connectivity index (χ4v) is 4.64. The van der Waals surface area contributed by atoms with Crippen LogP contribution in [0.15, 0.2) is 41.8 Å².